The summed E-state index contributed by atoms with van der Waals surface area (Å²) in [6.45, 7) is 4.58. The maximum atomic E-state index is 12.0. The Morgan fingerprint density at radius 2 is 1.79 bits per heavy atom. The van der Waals surface area contributed by atoms with Crippen molar-refractivity contribution in [2.45, 2.75) is 65.2 Å². The minimum absolute atomic E-state index is 0.356. The lowest BCUT2D eigenvalue weighted by molar-refractivity contribution is -0.158. The standard InChI is InChI=1S/C17H28O2/c1-11(2)13-5-7-17(8-6-13,16(18)19)15-10-12-3-4-14(15)9-12/h11-15H,3-10H2,1-2H3,(H,18,19). The van der Waals surface area contributed by atoms with Crippen molar-refractivity contribution in [2.75, 3.05) is 0 Å². The highest BCUT2D eigenvalue weighted by Crippen LogP contribution is 2.59. The van der Waals surface area contributed by atoms with Crippen molar-refractivity contribution in [3.8, 4) is 0 Å². The summed E-state index contributed by atoms with van der Waals surface area (Å²) in [5, 5.41) is 9.90. The Bertz CT molecular complexity index is 352. The lowest BCUT2D eigenvalue weighted by Crippen LogP contribution is -2.44. The molecular weight excluding hydrogens is 236 g/mol. The number of aliphatic carboxylic acids is 1. The van der Waals surface area contributed by atoms with Gasteiger partial charge in [0, 0.05) is 0 Å². The molecule has 3 atom stereocenters. The maximum Gasteiger partial charge on any atom is 0.309 e. The van der Waals surface area contributed by atoms with Gasteiger partial charge in [-0.3, -0.25) is 4.79 Å². The lowest BCUT2D eigenvalue weighted by atomic mass is 9.58. The van der Waals surface area contributed by atoms with Crippen LogP contribution in [0.1, 0.15) is 65.2 Å². The molecule has 0 saturated heterocycles. The molecule has 3 fully saturated rings. The van der Waals surface area contributed by atoms with Gasteiger partial charge in [0.25, 0.3) is 0 Å². The van der Waals surface area contributed by atoms with Crippen LogP contribution in [0.2, 0.25) is 0 Å². The van der Waals surface area contributed by atoms with Gasteiger partial charge in [-0.2, -0.15) is 0 Å². The van der Waals surface area contributed by atoms with Crippen LogP contribution in [-0.2, 0) is 4.79 Å². The topological polar surface area (TPSA) is 37.3 Å². The molecule has 2 bridgehead atoms. The molecule has 2 heteroatoms. The quantitative estimate of drug-likeness (QED) is 0.823. The summed E-state index contributed by atoms with van der Waals surface area (Å²) in [6.07, 6.45) is 9.37. The summed E-state index contributed by atoms with van der Waals surface area (Å²) < 4.78 is 0. The number of rotatable bonds is 3. The number of fused-ring (bicyclic) bond motifs is 2. The molecule has 0 heterocycles. The van der Waals surface area contributed by atoms with E-state index in [2.05, 4.69) is 13.8 Å². The molecule has 2 nitrogen and oxygen atoms in total. The van der Waals surface area contributed by atoms with Crippen LogP contribution in [0.15, 0.2) is 0 Å². The molecule has 19 heavy (non-hydrogen) atoms. The third-order valence-electron chi connectivity index (χ3n) is 6.74. The first-order valence-corrected chi connectivity index (χ1v) is 8.26. The van der Waals surface area contributed by atoms with Crippen molar-refractivity contribution in [1.82, 2.24) is 0 Å². The van der Waals surface area contributed by atoms with Crippen molar-refractivity contribution in [2.24, 2.45) is 35.0 Å². The fourth-order valence-electron chi connectivity index (χ4n) is 5.49. The van der Waals surface area contributed by atoms with Gasteiger partial charge < -0.3 is 5.11 Å². The molecule has 3 aliphatic rings. The van der Waals surface area contributed by atoms with Gasteiger partial charge in [0.2, 0.25) is 0 Å². The van der Waals surface area contributed by atoms with Crippen molar-refractivity contribution in [1.29, 1.82) is 0 Å². The summed E-state index contributed by atoms with van der Waals surface area (Å²) in [6, 6.07) is 0. The molecule has 0 spiro atoms. The van der Waals surface area contributed by atoms with Crippen LogP contribution < -0.4 is 0 Å². The number of carboxylic acid groups (broad SMARTS) is 1. The van der Waals surface area contributed by atoms with E-state index in [9.17, 15) is 9.90 Å². The Labute approximate surface area is 117 Å². The molecule has 3 saturated carbocycles. The highest BCUT2D eigenvalue weighted by molar-refractivity contribution is 5.75. The molecule has 0 aliphatic heterocycles. The smallest absolute Gasteiger partial charge is 0.309 e. The Hall–Kier alpha value is -0.530. The number of carboxylic acids is 1. The average molecular weight is 264 g/mol. The van der Waals surface area contributed by atoms with Crippen LogP contribution in [0.25, 0.3) is 0 Å². The molecule has 3 aliphatic carbocycles. The highest BCUT2D eigenvalue weighted by Gasteiger charge is 2.55. The largest absolute Gasteiger partial charge is 0.481 e. The zero-order valence-electron chi connectivity index (χ0n) is 12.4. The molecule has 3 rings (SSSR count). The fourth-order valence-corrected chi connectivity index (χ4v) is 5.49. The summed E-state index contributed by atoms with van der Waals surface area (Å²) in [5.74, 6) is 3.08. The van der Waals surface area contributed by atoms with Gasteiger partial charge in [0.05, 0.1) is 5.41 Å². The predicted molar refractivity (Wildman–Crippen MR) is 75.8 cm³/mol. The maximum absolute atomic E-state index is 12.0. The van der Waals surface area contributed by atoms with E-state index in [4.69, 9.17) is 0 Å². The summed E-state index contributed by atoms with van der Waals surface area (Å²) in [5.41, 5.74) is -0.356. The van der Waals surface area contributed by atoms with Crippen LogP contribution in [0.4, 0.5) is 0 Å². The summed E-state index contributed by atoms with van der Waals surface area (Å²) in [4.78, 5) is 12.0. The first kappa shape index (κ1) is 13.5. The Balaban J connectivity index is 1.76. The Morgan fingerprint density at radius 3 is 2.21 bits per heavy atom. The molecule has 0 radical (unpaired) electrons. The monoisotopic (exact) mass is 264 g/mol. The van der Waals surface area contributed by atoms with Crippen LogP contribution in [0.5, 0.6) is 0 Å². The van der Waals surface area contributed by atoms with E-state index in [1.54, 1.807) is 0 Å². The molecule has 108 valence electrons. The van der Waals surface area contributed by atoms with Crippen molar-refractivity contribution >= 4 is 5.97 Å². The van der Waals surface area contributed by atoms with Gasteiger partial charge in [-0.05, 0) is 74.5 Å². The van der Waals surface area contributed by atoms with Gasteiger partial charge in [-0.15, -0.1) is 0 Å². The van der Waals surface area contributed by atoms with Crippen molar-refractivity contribution in [3.63, 3.8) is 0 Å². The Morgan fingerprint density at radius 1 is 1.11 bits per heavy atom. The minimum Gasteiger partial charge on any atom is -0.481 e. The van der Waals surface area contributed by atoms with Crippen LogP contribution in [0, 0.1) is 35.0 Å². The van der Waals surface area contributed by atoms with Gasteiger partial charge in [-0.25, -0.2) is 0 Å². The zero-order chi connectivity index (χ0) is 13.6. The van der Waals surface area contributed by atoms with Gasteiger partial charge >= 0.3 is 5.97 Å². The molecule has 3 unspecified atom stereocenters. The molecule has 0 aromatic rings. The third kappa shape index (κ3) is 2.11. The second-order valence-corrected chi connectivity index (χ2v) is 7.82. The predicted octanol–water partition coefficient (Wildman–Crippen LogP) is 4.34. The van der Waals surface area contributed by atoms with E-state index < -0.39 is 5.97 Å². The second-order valence-electron chi connectivity index (χ2n) is 7.82. The van der Waals surface area contributed by atoms with E-state index >= 15 is 0 Å². The highest BCUT2D eigenvalue weighted by atomic mass is 16.4. The fraction of sp³-hybridized carbons (Fsp3) is 0.941. The van der Waals surface area contributed by atoms with Crippen LogP contribution in [0.3, 0.4) is 0 Å². The van der Waals surface area contributed by atoms with Gasteiger partial charge in [0.1, 0.15) is 0 Å². The summed E-state index contributed by atoms with van der Waals surface area (Å²) in [7, 11) is 0. The average Bonchev–Trinajstić information content (AvgIpc) is 3.00. The number of hydrogen-bond acceptors (Lipinski definition) is 1. The van der Waals surface area contributed by atoms with Crippen molar-refractivity contribution < 1.29 is 9.90 Å². The van der Waals surface area contributed by atoms with E-state index in [1.807, 2.05) is 0 Å². The SMILES string of the molecule is CC(C)C1CCC(C(=O)O)(C2CC3CCC2C3)CC1. The first-order valence-electron chi connectivity index (χ1n) is 8.26. The second kappa shape index (κ2) is 4.79. The normalized spacial score (nSPS) is 45.8. The Kier molecular flexibility index (Phi) is 3.39. The number of hydrogen-bond donors (Lipinski definition) is 1. The minimum atomic E-state index is -0.479. The van der Waals surface area contributed by atoms with E-state index in [0.717, 1.165) is 43.4 Å². The first-order chi connectivity index (χ1) is 9.03. The van der Waals surface area contributed by atoms with Crippen LogP contribution >= 0.6 is 0 Å². The lowest BCUT2D eigenvalue weighted by Gasteiger charge is -2.45. The molecule has 0 amide bonds. The van der Waals surface area contributed by atoms with Crippen LogP contribution in [-0.4, -0.2) is 11.1 Å². The van der Waals surface area contributed by atoms with E-state index in [1.165, 1.54) is 25.7 Å². The third-order valence-corrected chi connectivity index (χ3v) is 6.74. The van der Waals surface area contributed by atoms with Gasteiger partial charge in [0.15, 0.2) is 0 Å². The molecule has 1 N–H and O–H groups in total. The zero-order valence-corrected chi connectivity index (χ0v) is 12.4. The van der Waals surface area contributed by atoms with E-state index in [-0.39, 0.29) is 5.41 Å². The van der Waals surface area contributed by atoms with E-state index in [0.29, 0.717) is 11.8 Å². The van der Waals surface area contributed by atoms with Crippen molar-refractivity contribution in [3.05, 3.63) is 0 Å². The molecule has 0 aromatic carbocycles. The molecular formula is C17H28O2. The number of carbonyl (C=O) groups is 1. The van der Waals surface area contributed by atoms with Gasteiger partial charge in [-0.1, -0.05) is 20.3 Å². The summed E-state index contributed by atoms with van der Waals surface area (Å²) >= 11 is 0. The molecule has 0 aromatic heterocycles.